The largest absolute Gasteiger partial charge is 0.497 e. The fourth-order valence-electron chi connectivity index (χ4n) is 4.40. The van der Waals surface area contributed by atoms with Gasteiger partial charge in [-0.3, -0.25) is 9.59 Å². The van der Waals surface area contributed by atoms with Crippen molar-refractivity contribution in [3.63, 3.8) is 0 Å². The Bertz CT molecular complexity index is 1530. The van der Waals surface area contributed by atoms with Crippen LogP contribution in [0.4, 0.5) is 10.1 Å². The number of rotatable bonds is 11. The van der Waals surface area contributed by atoms with Gasteiger partial charge in [0.05, 0.1) is 25.7 Å². The van der Waals surface area contributed by atoms with Crippen LogP contribution in [0.5, 0.6) is 11.5 Å². The van der Waals surface area contributed by atoms with E-state index >= 15 is 0 Å². The van der Waals surface area contributed by atoms with E-state index in [0.29, 0.717) is 27.9 Å². The number of aryl methyl sites for hydroxylation is 3. The third kappa shape index (κ3) is 7.85. The molecule has 0 fully saturated rings. The summed E-state index contributed by atoms with van der Waals surface area (Å²) in [7, 11) is 3.02. The molecular weight excluding hydrogens is 555 g/mol. The van der Waals surface area contributed by atoms with Gasteiger partial charge in [0.2, 0.25) is 5.91 Å². The Kier molecular flexibility index (Phi) is 10.1. The average Bonchev–Trinajstić information content (AvgIpc) is 2.97. The van der Waals surface area contributed by atoms with Crippen molar-refractivity contribution in [3.8, 4) is 11.5 Å². The molecule has 0 saturated carbocycles. The number of carbonyl (C=O) groups is 2. The van der Waals surface area contributed by atoms with Gasteiger partial charge in [-0.25, -0.2) is 14.4 Å². The molecule has 0 saturated heterocycles. The summed E-state index contributed by atoms with van der Waals surface area (Å²) in [6.07, 6.45) is 0. The molecule has 1 unspecified atom stereocenters. The van der Waals surface area contributed by atoms with Crippen molar-refractivity contribution >= 4 is 29.3 Å². The van der Waals surface area contributed by atoms with Crippen molar-refractivity contribution < 1.29 is 23.5 Å². The van der Waals surface area contributed by atoms with Gasteiger partial charge in [0.25, 0.3) is 5.91 Å². The van der Waals surface area contributed by atoms with E-state index in [0.717, 1.165) is 22.5 Å². The van der Waals surface area contributed by atoms with Crippen molar-refractivity contribution in [2.75, 3.05) is 25.3 Å². The first-order chi connectivity index (χ1) is 20.2. The maximum atomic E-state index is 14.1. The number of hydrogen-bond acceptors (Lipinski definition) is 7. The highest BCUT2D eigenvalue weighted by Crippen LogP contribution is 2.32. The monoisotopic (exact) mass is 588 g/mol. The molecule has 1 N–H and O–H groups in total. The smallest absolute Gasteiger partial charge is 0.251 e. The Morgan fingerprint density at radius 3 is 2.19 bits per heavy atom. The van der Waals surface area contributed by atoms with E-state index in [1.807, 2.05) is 51.1 Å². The number of halogens is 1. The molecule has 0 aliphatic carbocycles. The number of thioether (sulfide) groups is 1. The van der Waals surface area contributed by atoms with E-state index < -0.39 is 17.8 Å². The Labute approximate surface area is 249 Å². The number of nitrogens with one attached hydrogen (secondary N) is 1. The number of methoxy groups -OCH3 is 2. The summed E-state index contributed by atoms with van der Waals surface area (Å²) >= 11 is 1.20. The molecule has 2 amide bonds. The van der Waals surface area contributed by atoms with E-state index in [1.165, 1.54) is 55.1 Å². The SMILES string of the molecule is COc1ccc(NC(=O)C(c2ccc(F)cc2)N(Cc2ccc(C)cc2)C(=O)CSc2nc(C)cc(C)n2)c(OC)c1. The molecule has 0 bridgehead atoms. The van der Waals surface area contributed by atoms with Gasteiger partial charge in [0, 0.05) is 24.0 Å². The summed E-state index contributed by atoms with van der Waals surface area (Å²) in [5.74, 6) is -0.312. The lowest BCUT2D eigenvalue weighted by Crippen LogP contribution is -2.42. The molecule has 42 heavy (non-hydrogen) atoms. The quantitative estimate of drug-likeness (QED) is 0.168. The highest BCUT2D eigenvalue weighted by molar-refractivity contribution is 7.99. The molecule has 8 nitrogen and oxygen atoms in total. The summed E-state index contributed by atoms with van der Waals surface area (Å²) in [6.45, 7) is 5.85. The van der Waals surface area contributed by atoms with Crippen LogP contribution >= 0.6 is 11.8 Å². The first-order valence-electron chi connectivity index (χ1n) is 13.2. The summed E-state index contributed by atoms with van der Waals surface area (Å²) in [4.78, 5) is 38.4. The highest BCUT2D eigenvalue weighted by atomic mass is 32.2. The van der Waals surface area contributed by atoms with Crippen LogP contribution in [0, 0.1) is 26.6 Å². The maximum Gasteiger partial charge on any atom is 0.251 e. The highest BCUT2D eigenvalue weighted by Gasteiger charge is 2.32. The van der Waals surface area contributed by atoms with Crippen LogP contribution in [0.15, 0.2) is 78.0 Å². The number of aromatic nitrogens is 2. The first kappa shape index (κ1) is 30.5. The molecule has 218 valence electrons. The van der Waals surface area contributed by atoms with Crippen LogP contribution in [0.2, 0.25) is 0 Å². The molecular formula is C32H33FN4O4S. The normalized spacial score (nSPS) is 11.5. The van der Waals surface area contributed by atoms with Gasteiger partial charge >= 0.3 is 0 Å². The van der Waals surface area contributed by atoms with Gasteiger partial charge in [0.15, 0.2) is 5.16 Å². The van der Waals surface area contributed by atoms with Gasteiger partial charge in [-0.1, -0.05) is 53.7 Å². The topological polar surface area (TPSA) is 93.7 Å². The van der Waals surface area contributed by atoms with E-state index in [1.54, 1.807) is 18.2 Å². The predicted octanol–water partition coefficient (Wildman–Crippen LogP) is 6.06. The lowest BCUT2D eigenvalue weighted by Gasteiger charge is -2.32. The number of nitrogens with zero attached hydrogens (tertiary/aromatic N) is 3. The molecule has 10 heteroatoms. The molecule has 4 aromatic rings. The molecule has 1 atom stereocenters. The number of anilines is 1. The minimum atomic E-state index is -1.09. The van der Waals surface area contributed by atoms with Crippen molar-refractivity contribution in [2.45, 2.75) is 38.5 Å². The standard InChI is InChI=1S/C32H33FN4O4S/c1-20-6-8-23(9-7-20)18-37(29(38)19-42-32-34-21(2)16-22(3)35-32)30(24-10-12-25(33)13-11-24)31(39)36-27-15-14-26(40-4)17-28(27)41-5/h6-17,30H,18-19H2,1-5H3,(H,36,39). The van der Waals surface area contributed by atoms with E-state index in [4.69, 9.17) is 9.47 Å². The molecule has 0 aliphatic rings. The van der Waals surface area contributed by atoms with E-state index in [2.05, 4.69) is 15.3 Å². The molecule has 0 radical (unpaired) electrons. The van der Waals surface area contributed by atoms with Crippen LogP contribution in [0.1, 0.15) is 34.1 Å². The van der Waals surface area contributed by atoms with Crippen molar-refractivity contribution in [3.05, 3.63) is 107 Å². The Hall–Kier alpha value is -4.44. The van der Waals surface area contributed by atoms with Crippen LogP contribution in [0.25, 0.3) is 0 Å². The number of hydrogen-bond donors (Lipinski definition) is 1. The lowest BCUT2D eigenvalue weighted by molar-refractivity contribution is -0.137. The summed E-state index contributed by atoms with van der Waals surface area (Å²) in [5, 5.41) is 3.38. The minimum Gasteiger partial charge on any atom is -0.497 e. The minimum absolute atomic E-state index is 0.00835. The second kappa shape index (κ2) is 14.0. The van der Waals surface area contributed by atoms with Gasteiger partial charge in [0.1, 0.15) is 23.4 Å². The van der Waals surface area contributed by atoms with Crippen molar-refractivity contribution in [1.29, 1.82) is 0 Å². The van der Waals surface area contributed by atoms with Gasteiger partial charge in [-0.05, 0) is 62.2 Å². The van der Waals surface area contributed by atoms with E-state index in [9.17, 15) is 14.0 Å². The molecule has 1 aromatic heterocycles. The predicted molar refractivity (Wildman–Crippen MR) is 161 cm³/mol. The first-order valence-corrected chi connectivity index (χ1v) is 14.2. The Balaban J connectivity index is 1.72. The zero-order valence-corrected chi connectivity index (χ0v) is 25.0. The second-order valence-electron chi connectivity index (χ2n) is 9.74. The lowest BCUT2D eigenvalue weighted by atomic mass is 10.0. The van der Waals surface area contributed by atoms with Crippen molar-refractivity contribution in [2.24, 2.45) is 0 Å². The fourth-order valence-corrected chi connectivity index (χ4v) is 5.24. The Morgan fingerprint density at radius 1 is 0.905 bits per heavy atom. The molecule has 0 aliphatic heterocycles. The van der Waals surface area contributed by atoms with Gasteiger partial charge in [-0.15, -0.1) is 0 Å². The third-order valence-electron chi connectivity index (χ3n) is 6.49. The number of ether oxygens (including phenoxy) is 2. The van der Waals surface area contributed by atoms with E-state index in [-0.39, 0.29) is 18.2 Å². The zero-order chi connectivity index (χ0) is 30.2. The van der Waals surface area contributed by atoms with Crippen molar-refractivity contribution in [1.82, 2.24) is 14.9 Å². The third-order valence-corrected chi connectivity index (χ3v) is 7.32. The molecule has 4 rings (SSSR count). The molecule has 0 spiro atoms. The van der Waals surface area contributed by atoms with Crippen LogP contribution in [-0.2, 0) is 16.1 Å². The molecule has 3 aromatic carbocycles. The second-order valence-corrected chi connectivity index (χ2v) is 10.7. The Morgan fingerprint density at radius 2 is 1.57 bits per heavy atom. The van der Waals surface area contributed by atoms with Crippen LogP contribution < -0.4 is 14.8 Å². The average molecular weight is 589 g/mol. The van der Waals surface area contributed by atoms with Gasteiger partial charge < -0.3 is 19.7 Å². The fraction of sp³-hybridized carbons (Fsp3) is 0.250. The number of carbonyl (C=O) groups excluding carboxylic acids is 2. The molecule has 1 heterocycles. The maximum absolute atomic E-state index is 14.1. The summed E-state index contributed by atoms with van der Waals surface area (Å²) in [5.41, 5.74) is 4.35. The van der Waals surface area contributed by atoms with Crippen LogP contribution in [0.3, 0.4) is 0 Å². The zero-order valence-electron chi connectivity index (χ0n) is 24.2. The van der Waals surface area contributed by atoms with Crippen LogP contribution in [-0.4, -0.2) is 46.7 Å². The van der Waals surface area contributed by atoms with Gasteiger partial charge in [-0.2, -0.15) is 0 Å². The number of amides is 2. The summed E-state index contributed by atoms with van der Waals surface area (Å²) < 4.78 is 24.7. The summed E-state index contributed by atoms with van der Waals surface area (Å²) in [6, 6.07) is 19.1. The number of benzene rings is 3.